The molecule has 0 amide bonds. The van der Waals surface area contributed by atoms with Crippen molar-refractivity contribution in [1.82, 2.24) is 4.57 Å². The van der Waals surface area contributed by atoms with E-state index in [0.29, 0.717) is 0 Å². The Morgan fingerprint density at radius 3 is 1.20 bits per heavy atom. The molecule has 0 aliphatic heterocycles. The summed E-state index contributed by atoms with van der Waals surface area (Å²) in [5.41, 5.74) is 16.5. The van der Waals surface area contributed by atoms with E-state index in [1.54, 1.807) is 0 Å². The van der Waals surface area contributed by atoms with E-state index in [-0.39, 0.29) is 0 Å². The summed E-state index contributed by atoms with van der Waals surface area (Å²) in [6.45, 7) is 0. The summed E-state index contributed by atoms with van der Waals surface area (Å²) in [5, 5.41) is 7.53. The Labute approximate surface area is 373 Å². The van der Waals surface area contributed by atoms with Crippen molar-refractivity contribution in [3.63, 3.8) is 0 Å². The number of rotatable bonds is 8. The van der Waals surface area contributed by atoms with Crippen LogP contribution in [0.15, 0.2) is 255 Å². The average Bonchev–Trinajstić information content (AvgIpc) is 3.71. The van der Waals surface area contributed by atoms with E-state index in [1.807, 2.05) is 0 Å². The molecule has 11 aromatic carbocycles. The fourth-order valence-corrected chi connectivity index (χ4v) is 9.64. The maximum atomic E-state index is 2.38. The first-order chi connectivity index (χ1) is 31.7. The molecule has 12 aromatic rings. The van der Waals surface area contributed by atoms with Gasteiger partial charge in [-0.25, -0.2) is 0 Å². The zero-order valence-corrected chi connectivity index (χ0v) is 35.1. The smallest absolute Gasteiger partial charge is 0.0541 e. The Balaban J connectivity index is 0.913. The third-order valence-electron chi connectivity index (χ3n) is 12.8. The van der Waals surface area contributed by atoms with E-state index >= 15 is 0 Å². The predicted octanol–water partition coefficient (Wildman–Crippen LogP) is 17.2. The minimum atomic E-state index is 1.09. The van der Waals surface area contributed by atoms with Crippen LogP contribution in [0.2, 0.25) is 0 Å². The van der Waals surface area contributed by atoms with Crippen LogP contribution in [-0.4, -0.2) is 4.57 Å². The fourth-order valence-electron chi connectivity index (χ4n) is 9.64. The lowest BCUT2D eigenvalue weighted by molar-refractivity contribution is 1.17. The van der Waals surface area contributed by atoms with Crippen LogP contribution in [0.4, 0.5) is 17.1 Å². The lowest BCUT2D eigenvalue weighted by atomic mass is 9.92. The standard InChI is InChI=1S/C62H42N2/c1-2-13-47(14-3-1)55-40-41-56(58-17-7-6-16-57(55)58)48-30-34-52(35-31-48)63(53-36-38-54(39-37-53)64-61-20-10-8-18-59(61)60-19-9-11-21-62(60)64)51-32-28-45(29-33-51)44-22-24-46(25-23-44)50-27-26-43-12-4-5-15-49(43)42-50/h1-42H. The average molecular weight is 815 g/mol. The molecule has 12 rings (SSSR count). The molecule has 0 fully saturated rings. The molecule has 64 heavy (non-hydrogen) atoms. The van der Waals surface area contributed by atoms with E-state index in [1.165, 1.54) is 87.9 Å². The normalized spacial score (nSPS) is 11.4. The molecule has 0 atom stereocenters. The number of hydrogen-bond acceptors (Lipinski definition) is 1. The van der Waals surface area contributed by atoms with Gasteiger partial charge in [-0.05, 0) is 133 Å². The molecule has 0 N–H and O–H groups in total. The van der Waals surface area contributed by atoms with Crippen LogP contribution in [0.5, 0.6) is 0 Å². The van der Waals surface area contributed by atoms with Crippen LogP contribution < -0.4 is 4.90 Å². The molecule has 0 unspecified atom stereocenters. The second-order valence-electron chi connectivity index (χ2n) is 16.5. The van der Waals surface area contributed by atoms with Crippen LogP contribution in [0.25, 0.3) is 93.5 Å². The van der Waals surface area contributed by atoms with Gasteiger partial charge in [0.1, 0.15) is 0 Å². The number of aromatic nitrogens is 1. The number of fused-ring (bicyclic) bond motifs is 5. The summed E-state index contributed by atoms with van der Waals surface area (Å²) >= 11 is 0. The minimum absolute atomic E-state index is 1.09. The van der Waals surface area contributed by atoms with Crippen LogP contribution in [-0.2, 0) is 0 Å². The molecule has 300 valence electrons. The van der Waals surface area contributed by atoms with Crippen molar-refractivity contribution in [3.05, 3.63) is 255 Å². The third-order valence-corrected chi connectivity index (χ3v) is 12.8. The molecule has 0 bridgehead atoms. The lowest BCUT2D eigenvalue weighted by Crippen LogP contribution is -2.10. The van der Waals surface area contributed by atoms with Crippen LogP contribution in [0, 0.1) is 0 Å². The van der Waals surface area contributed by atoms with Gasteiger partial charge >= 0.3 is 0 Å². The Bertz CT molecular complexity index is 3570. The van der Waals surface area contributed by atoms with Gasteiger partial charge < -0.3 is 9.47 Å². The van der Waals surface area contributed by atoms with Crippen molar-refractivity contribution in [2.45, 2.75) is 0 Å². The number of hydrogen-bond donors (Lipinski definition) is 0. The van der Waals surface area contributed by atoms with Crippen molar-refractivity contribution in [3.8, 4) is 50.2 Å². The van der Waals surface area contributed by atoms with Crippen LogP contribution in [0.1, 0.15) is 0 Å². The SMILES string of the molecule is c1ccc(-c2ccc(-c3ccc(N(c4ccc(-c5ccc(-c6ccc7ccccc7c6)cc5)cc4)c4ccc(-n5c6ccccc6c6ccccc65)cc4)cc3)c3ccccc23)cc1. The number of benzene rings is 11. The number of nitrogens with zero attached hydrogens (tertiary/aromatic N) is 2. The summed E-state index contributed by atoms with van der Waals surface area (Å²) in [4.78, 5) is 2.36. The first kappa shape index (κ1) is 37.3. The lowest BCUT2D eigenvalue weighted by Gasteiger charge is -2.26. The first-order valence-electron chi connectivity index (χ1n) is 22.0. The van der Waals surface area contributed by atoms with Gasteiger partial charge in [0.05, 0.1) is 11.0 Å². The summed E-state index contributed by atoms with van der Waals surface area (Å²) in [5.74, 6) is 0. The minimum Gasteiger partial charge on any atom is -0.311 e. The monoisotopic (exact) mass is 814 g/mol. The largest absolute Gasteiger partial charge is 0.311 e. The molecule has 0 saturated heterocycles. The highest BCUT2D eigenvalue weighted by molar-refractivity contribution is 6.09. The summed E-state index contributed by atoms with van der Waals surface area (Å²) in [6, 6.07) is 92.6. The molecule has 0 spiro atoms. The zero-order valence-electron chi connectivity index (χ0n) is 35.1. The third kappa shape index (κ3) is 6.61. The molecule has 0 aliphatic carbocycles. The van der Waals surface area contributed by atoms with Gasteiger partial charge in [-0.3, -0.25) is 0 Å². The molecule has 2 heteroatoms. The molecule has 2 nitrogen and oxygen atoms in total. The predicted molar refractivity (Wildman–Crippen MR) is 272 cm³/mol. The van der Waals surface area contributed by atoms with Gasteiger partial charge in [-0.2, -0.15) is 0 Å². The van der Waals surface area contributed by atoms with E-state index < -0.39 is 0 Å². The van der Waals surface area contributed by atoms with Crippen molar-refractivity contribution in [2.24, 2.45) is 0 Å². The van der Waals surface area contributed by atoms with Gasteiger partial charge in [-0.15, -0.1) is 0 Å². The molecule has 1 aromatic heterocycles. The van der Waals surface area contributed by atoms with Crippen LogP contribution >= 0.6 is 0 Å². The van der Waals surface area contributed by atoms with E-state index in [9.17, 15) is 0 Å². The Morgan fingerprint density at radius 2 is 0.641 bits per heavy atom. The fraction of sp³-hybridized carbons (Fsp3) is 0. The molecule has 0 radical (unpaired) electrons. The summed E-state index contributed by atoms with van der Waals surface area (Å²) in [6.07, 6.45) is 0. The topological polar surface area (TPSA) is 8.17 Å². The van der Waals surface area contributed by atoms with E-state index in [4.69, 9.17) is 0 Å². The second kappa shape index (κ2) is 15.8. The van der Waals surface area contributed by atoms with Gasteiger partial charge in [0.15, 0.2) is 0 Å². The van der Waals surface area contributed by atoms with Crippen molar-refractivity contribution in [1.29, 1.82) is 0 Å². The van der Waals surface area contributed by atoms with Crippen LogP contribution in [0.3, 0.4) is 0 Å². The highest BCUT2D eigenvalue weighted by Crippen LogP contribution is 2.41. The molecular formula is C62H42N2. The zero-order chi connectivity index (χ0) is 42.4. The van der Waals surface area contributed by atoms with E-state index in [0.717, 1.165) is 22.7 Å². The molecule has 1 heterocycles. The Kier molecular flexibility index (Phi) is 9.20. The maximum Gasteiger partial charge on any atom is 0.0541 e. The second-order valence-corrected chi connectivity index (χ2v) is 16.5. The van der Waals surface area contributed by atoms with Crippen molar-refractivity contribution >= 4 is 60.4 Å². The Morgan fingerprint density at radius 1 is 0.250 bits per heavy atom. The van der Waals surface area contributed by atoms with E-state index in [2.05, 4.69) is 264 Å². The number of anilines is 3. The van der Waals surface area contributed by atoms with Gasteiger partial charge in [-0.1, -0.05) is 188 Å². The molecule has 0 saturated carbocycles. The summed E-state index contributed by atoms with van der Waals surface area (Å²) in [7, 11) is 0. The first-order valence-corrected chi connectivity index (χ1v) is 22.0. The van der Waals surface area contributed by atoms with Gasteiger partial charge in [0.2, 0.25) is 0 Å². The highest BCUT2D eigenvalue weighted by atomic mass is 15.1. The molecule has 0 aliphatic rings. The number of para-hydroxylation sites is 2. The maximum absolute atomic E-state index is 2.38. The van der Waals surface area contributed by atoms with Crippen molar-refractivity contribution in [2.75, 3.05) is 4.90 Å². The quantitative estimate of drug-likeness (QED) is 0.148. The van der Waals surface area contributed by atoms with Gasteiger partial charge in [0, 0.05) is 33.5 Å². The van der Waals surface area contributed by atoms with Gasteiger partial charge in [0.25, 0.3) is 0 Å². The Hall–Kier alpha value is -8.46. The summed E-state index contributed by atoms with van der Waals surface area (Å²) < 4.78 is 2.38. The van der Waals surface area contributed by atoms with Crippen molar-refractivity contribution < 1.29 is 0 Å². The molecular weight excluding hydrogens is 773 g/mol. The highest BCUT2D eigenvalue weighted by Gasteiger charge is 2.17.